The number of ether oxygens (including phenoxy) is 3. The molecular weight excluding hydrogens is 386 g/mol. The molecule has 30 heavy (non-hydrogen) atoms. The molecule has 1 atom stereocenters. The third-order valence-electron chi connectivity index (χ3n) is 6.34. The molecule has 3 aliphatic rings. The minimum Gasteiger partial charge on any atom is -0.378 e. The molecule has 3 aliphatic heterocycles. The highest BCUT2D eigenvalue weighted by molar-refractivity contribution is 5.94. The number of hydrogen-bond acceptors (Lipinski definition) is 6. The van der Waals surface area contributed by atoms with Crippen LogP contribution in [0.4, 0.5) is 0 Å². The van der Waals surface area contributed by atoms with Gasteiger partial charge in [-0.25, -0.2) is 0 Å². The Bertz CT molecular complexity index is 757. The summed E-state index contributed by atoms with van der Waals surface area (Å²) >= 11 is 0. The highest BCUT2D eigenvalue weighted by Gasteiger charge is 2.41. The maximum absolute atomic E-state index is 12.8. The Kier molecular flexibility index (Phi) is 6.65. The topological polar surface area (TPSA) is 81.2 Å². The first-order valence-corrected chi connectivity index (χ1v) is 10.9. The van der Waals surface area contributed by atoms with E-state index in [1.54, 1.807) is 12.4 Å². The number of hydrogen-bond donors (Lipinski definition) is 0. The van der Waals surface area contributed by atoms with Crippen LogP contribution in [0.5, 0.6) is 0 Å². The Balaban J connectivity index is 1.27. The summed E-state index contributed by atoms with van der Waals surface area (Å²) < 4.78 is 17.4. The second-order valence-electron chi connectivity index (χ2n) is 8.49. The lowest BCUT2D eigenvalue weighted by atomic mass is 9.83. The van der Waals surface area contributed by atoms with Gasteiger partial charge in [-0.2, -0.15) is 0 Å². The van der Waals surface area contributed by atoms with E-state index in [0.717, 1.165) is 31.2 Å². The summed E-state index contributed by atoms with van der Waals surface area (Å²) in [6.07, 6.45) is 6.55. The zero-order chi connectivity index (χ0) is 21.0. The molecule has 164 valence electrons. The predicted octanol–water partition coefficient (Wildman–Crippen LogP) is 1.42. The molecule has 0 bridgehead atoms. The van der Waals surface area contributed by atoms with Gasteiger partial charge < -0.3 is 24.0 Å². The molecule has 0 N–H and O–H groups in total. The molecule has 1 aromatic heterocycles. The molecule has 3 fully saturated rings. The Hall–Kier alpha value is -2.03. The molecule has 3 saturated heterocycles. The summed E-state index contributed by atoms with van der Waals surface area (Å²) in [5, 5.41) is 0. The predicted molar refractivity (Wildman–Crippen MR) is 109 cm³/mol. The SMILES string of the molecule is Cc1cncc(C(=O)N2CCC3(CC2)CC(OCC(=O)N2CCOCC2)CCO3)c1. The van der Waals surface area contributed by atoms with Crippen molar-refractivity contribution in [2.75, 3.05) is 52.6 Å². The highest BCUT2D eigenvalue weighted by Crippen LogP contribution is 2.36. The smallest absolute Gasteiger partial charge is 0.255 e. The Morgan fingerprint density at radius 1 is 1.13 bits per heavy atom. The molecule has 0 radical (unpaired) electrons. The van der Waals surface area contributed by atoms with Gasteiger partial charge in [-0.15, -0.1) is 0 Å². The number of aryl methyl sites for hydroxylation is 1. The Labute approximate surface area is 177 Å². The van der Waals surface area contributed by atoms with Crippen molar-refractivity contribution in [2.45, 2.75) is 44.3 Å². The van der Waals surface area contributed by atoms with Gasteiger partial charge in [-0.3, -0.25) is 14.6 Å². The van der Waals surface area contributed by atoms with Crippen molar-refractivity contribution in [2.24, 2.45) is 0 Å². The number of nitrogens with zero attached hydrogens (tertiary/aromatic N) is 3. The summed E-state index contributed by atoms with van der Waals surface area (Å²) in [5.74, 6) is 0.0618. The molecular formula is C22H31N3O5. The van der Waals surface area contributed by atoms with Crippen LogP contribution in [0.25, 0.3) is 0 Å². The van der Waals surface area contributed by atoms with E-state index in [2.05, 4.69) is 4.98 Å². The van der Waals surface area contributed by atoms with E-state index in [1.165, 1.54) is 0 Å². The van der Waals surface area contributed by atoms with Crippen LogP contribution in [0.15, 0.2) is 18.5 Å². The van der Waals surface area contributed by atoms with Gasteiger partial charge in [0.15, 0.2) is 0 Å². The van der Waals surface area contributed by atoms with Crippen molar-refractivity contribution in [1.82, 2.24) is 14.8 Å². The summed E-state index contributed by atoms with van der Waals surface area (Å²) in [7, 11) is 0. The van der Waals surface area contributed by atoms with Crippen molar-refractivity contribution in [3.8, 4) is 0 Å². The fourth-order valence-electron chi connectivity index (χ4n) is 4.54. The van der Waals surface area contributed by atoms with Gasteiger partial charge in [0.25, 0.3) is 5.91 Å². The third-order valence-corrected chi connectivity index (χ3v) is 6.34. The third kappa shape index (κ3) is 4.99. The van der Waals surface area contributed by atoms with Crippen LogP contribution in [-0.2, 0) is 19.0 Å². The molecule has 0 aliphatic carbocycles. The lowest BCUT2D eigenvalue weighted by Crippen LogP contribution is -2.52. The quantitative estimate of drug-likeness (QED) is 0.737. The first kappa shape index (κ1) is 21.2. The lowest BCUT2D eigenvalue weighted by Gasteiger charge is -2.46. The number of morpholine rings is 1. The van der Waals surface area contributed by atoms with Crippen molar-refractivity contribution in [1.29, 1.82) is 0 Å². The molecule has 1 unspecified atom stereocenters. The molecule has 1 spiro atoms. The van der Waals surface area contributed by atoms with Crippen LogP contribution in [0, 0.1) is 6.92 Å². The van der Waals surface area contributed by atoms with Gasteiger partial charge in [0, 0.05) is 51.6 Å². The largest absolute Gasteiger partial charge is 0.378 e. The number of aromatic nitrogens is 1. The number of pyridine rings is 1. The molecule has 2 amide bonds. The maximum Gasteiger partial charge on any atom is 0.255 e. The van der Waals surface area contributed by atoms with E-state index >= 15 is 0 Å². The number of likely N-dealkylation sites (tertiary alicyclic amines) is 1. The Morgan fingerprint density at radius 2 is 1.90 bits per heavy atom. The summed E-state index contributed by atoms with van der Waals surface area (Å²) in [5.41, 5.74) is 1.36. The highest BCUT2D eigenvalue weighted by atomic mass is 16.5. The van der Waals surface area contributed by atoms with Crippen LogP contribution in [0.2, 0.25) is 0 Å². The number of piperidine rings is 1. The van der Waals surface area contributed by atoms with Gasteiger partial charge in [0.2, 0.25) is 5.91 Å². The van der Waals surface area contributed by atoms with E-state index in [-0.39, 0.29) is 30.1 Å². The van der Waals surface area contributed by atoms with Crippen molar-refractivity contribution in [3.05, 3.63) is 29.6 Å². The number of carbonyl (C=O) groups excluding carboxylic acids is 2. The van der Waals surface area contributed by atoms with E-state index in [9.17, 15) is 9.59 Å². The first-order chi connectivity index (χ1) is 14.5. The first-order valence-electron chi connectivity index (χ1n) is 10.9. The standard InChI is InChI=1S/C22H31N3O5/c1-17-12-18(15-23-14-17)21(27)25-5-3-22(4-6-25)13-19(2-9-30-22)29-16-20(26)24-7-10-28-11-8-24/h12,14-15,19H,2-11,13,16H2,1H3. The zero-order valence-corrected chi connectivity index (χ0v) is 17.7. The normalized spacial score (nSPS) is 24.1. The fraction of sp³-hybridized carbons (Fsp3) is 0.682. The summed E-state index contributed by atoms with van der Waals surface area (Å²) in [6.45, 7) is 6.48. The minimum absolute atomic E-state index is 0.0203. The van der Waals surface area contributed by atoms with Gasteiger partial charge in [-0.1, -0.05) is 0 Å². The molecule has 4 rings (SSSR count). The van der Waals surface area contributed by atoms with E-state index in [4.69, 9.17) is 14.2 Å². The summed E-state index contributed by atoms with van der Waals surface area (Å²) in [6, 6.07) is 1.88. The van der Waals surface area contributed by atoms with Gasteiger partial charge in [0.05, 0.1) is 30.5 Å². The van der Waals surface area contributed by atoms with Crippen molar-refractivity contribution in [3.63, 3.8) is 0 Å². The molecule has 4 heterocycles. The van der Waals surface area contributed by atoms with Crippen LogP contribution in [-0.4, -0.2) is 90.9 Å². The average Bonchev–Trinajstić information content (AvgIpc) is 2.78. The van der Waals surface area contributed by atoms with Crippen molar-refractivity contribution >= 4 is 11.8 Å². The molecule has 1 aromatic rings. The monoisotopic (exact) mass is 417 g/mol. The van der Waals surface area contributed by atoms with Gasteiger partial charge >= 0.3 is 0 Å². The molecule has 8 nitrogen and oxygen atoms in total. The van der Waals surface area contributed by atoms with Crippen LogP contribution < -0.4 is 0 Å². The zero-order valence-electron chi connectivity index (χ0n) is 17.7. The van der Waals surface area contributed by atoms with E-state index < -0.39 is 0 Å². The molecule has 0 saturated carbocycles. The van der Waals surface area contributed by atoms with Gasteiger partial charge in [0.1, 0.15) is 6.61 Å². The average molecular weight is 418 g/mol. The van der Waals surface area contributed by atoms with E-state index in [0.29, 0.717) is 51.6 Å². The Morgan fingerprint density at radius 3 is 2.63 bits per heavy atom. The van der Waals surface area contributed by atoms with E-state index in [1.807, 2.05) is 22.8 Å². The van der Waals surface area contributed by atoms with Crippen LogP contribution >= 0.6 is 0 Å². The summed E-state index contributed by atoms with van der Waals surface area (Å²) in [4.78, 5) is 33.0. The molecule has 0 aromatic carbocycles. The number of carbonyl (C=O) groups is 2. The minimum atomic E-state index is -0.257. The second-order valence-corrected chi connectivity index (χ2v) is 8.49. The number of rotatable bonds is 4. The number of amides is 2. The van der Waals surface area contributed by atoms with Crippen molar-refractivity contribution < 1.29 is 23.8 Å². The van der Waals surface area contributed by atoms with Crippen LogP contribution in [0.3, 0.4) is 0 Å². The maximum atomic E-state index is 12.8. The van der Waals surface area contributed by atoms with Gasteiger partial charge in [-0.05, 0) is 37.8 Å². The molecule has 8 heteroatoms. The van der Waals surface area contributed by atoms with Crippen LogP contribution in [0.1, 0.15) is 41.6 Å². The second kappa shape index (κ2) is 9.41. The lowest BCUT2D eigenvalue weighted by molar-refractivity contribution is -0.163. The fourth-order valence-corrected chi connectivity index (χ4v) is 4.54.